The standard InChI is InChI=1S/C19H13IN6O10S2.Na/c20-11-1-3-12(4-2-11)23-21-19(15-7-6-14(37(31,32)33)10-18(15)38(34,35)36)22-24(23)16-8-5-13(25(27)28)9-17(16)26(29)30;/h1-10H,(H,21,22)(H,31,32,33)(H,34,35,36);/q;+1/p-1. The summed E-state index contributed by atoms with van der Waals surface area (Å²) in [6, 6.07) is 11.4. The zero-order valence-electron chi connectivity index (χ0n) is 19.3. The maximum Gasteiger partial charge on any atom is 1.00 e. The van der Waals surface area contributed by atoms with Gasteiger partial charge in [0.2, 0.25) is 5.84 Å². The average Bonchev–Trinajstić information content (AvgIpc) is 3.27. The number of quaternary nitrogens is 1. The molecule has 1 heterocycles. The van der Waals surface area contributed by atoms with Gasteiger partial charge in [0, 0.05) is 27.3 Å². The van der Waals surface area contributed by atoms with Gasteiger partial charge in [-0.1, -0.05) is 10.2 Å². The van der Waals surface area contributed by atoms with Crippen LogP contribution in [0, 0.1) is 23.8 Å². The molecule has 1 atom stereocenters. The third-order valence-corrected chi connectivity index (χ3v) is 7.55. The minimum atomic E-state index is -5.35. The Kier molecular flexibility index (Phi) is 8.98. The van der Waals surface area contributed by atoms with Gasteiger partial charge in [0.05, 0.1) is 25.7 Å². The van der Waals surface area contributed by atoms with Crippen LogP contribution >= 0.6 is 22.6 Å². The monoisotopic (exact) mass is 698 g/mol. The molecule has 39 heavy (non-hydrogen) atoms. The Bertz CT molecular complexity index is 1740. The summed E-state index contributed by atoms with van der Waals surface area (Å²) in [7, 11) is -10.5. The van der Waals surface area contributed by atoms with E-state index in [-0.39, 0.29) is 46.2 Å². The van der Waals surface area contributed by atoms with Gasteiger partial charge in [-0.25, -0.2) is 22.3 Å². The Morgan fingerprint density at radius 3 is 2.05 bits per heavy atom. The van der Waals surface area contributed by atoms with Crippen molar-refractivity contribution in [2.45, 2.75) is 9.79 Å². The molecule has 0 aliphatic carbocycles. The van der Waals surface area contributed by atoms with E-state index in [9.17, 15) is 46.2 Å². The van der Waals surface area contributed by atoms with E-state index in [1.165, 1.54) is 0 Å². The number of nitro groups is 2. The predicted molar refractivity (Wildman–Crippen MR) is 134 cm³/mol. The number of hydrazine groups is 1. The van der Waals surface area contributed by atoms with E-state index in [1.54, 1.807) is 24.3 Å². The molecule has 0 bridgehead atoms. The fourth-order valence-electron chi connectivity index (χ4n) is 3.45. The minimum absolute atomic E-state index is 0. The normalized spacial score (nSPS) is 15.2. The Morgan fingerprint density at radius 2 is 1.51 bits per heavy atom. The number of nitrogens with zero attached hydrogens (tertiary/aromatic N) is 4. The molecule has 1 aliphatic rings. The van der Waals surface area contributed by atoms with Crippen LogP contribution in [0.1, 0.15) is 5.56 Å². The molecule has 0 saturated carbocycles. The van der Waals surface area contributed by atoms with Gasteiger partial charge in [-0.05, 0) is 64.1 Å². The van der Waals surface area contributed by atoms with Gasteiger partial charge in [0.15, 0.2) is 11.4 Å². The first-order valence-electron chi connectivity index (χ1n) is 9.94. The zero-order valence-corrected chi connectivity index (χ0v) is 25.1. The number of rotatable bonds is 7. The first kappa shape index (κ1) is 30.8. The third-order valence-electron chi connectivity index (χ3n) is 5.12. The Morgan fingerprint density at radius 1 is 0.872 bits per heavy atom. The van der Waals surface area contributed by atoms with E-state index in [2.05, 4.69) is 10.5 Å². The van der Waals surface area contributed by atoms with Crippen molar-refractivity contribution in [2.24, 2.45) is 5.10 Å². The molecule has 0 radical (unpaired) electrons. The number of non-ortho nitro benzene ring substituents is 1. The van der Waals surface area contributed by atoms with Crippen LogP contribution in [0.3, 0.4) is 0 Å². The molecule has 3 aromatic carbocycles. The Balaban J connectivity index is 0.00000420. The second-order valence-corrected chi connectivity index (χ2v) is 11.5. The second-order valence-electron chi connectivity index (χ2n) is 7.49. The number of halogens is 1. The molecule has 0 fully saturated rings. The van der Waals surface area contributed by atoms with Gasteiger partial charge in [0.1, 0.15) is 20.2 Å². The van der Waals surface area contributed by atoms with Crippen molar-refractivity contribution in [3.8, 4) is 0 Å². The van der Waals surface area contributed by atoms with E-state index in [4.69, 9.17) is 0 Å². The summed E-state index contributed by atoms with van der Waals surface area (Å²) in [5, 5.41) is 28.3. The van der Waals surface area contributed by atoms with Gasteiger partial charge >= 0.3 is 35.2 Å². The third kappa shape index (κ3) is 6.53. The molecule has 0 aromatic heterocycles. The number of anilines is 1. The van der Waals surface area contributed by atoms with Crippen molar-refractivity contribution in [1.29, 1.82) is 0 Å². The van der Waals surface area contributed by atoms with E-state index >= 15 is 0 Å². The molecule has 198 valence electrons. The first-order valence-corrected chi connectivity index (χ1v) is 13.8. The average molecular weight is 698 g/mol. The van der Waals surface area contributed by atoms with E-state index in [1.807, 2.05) is 22.6 Å². The number of benzene rings is 3. The second kappa shape index (κ2) is 11.4. The summed E-state index contributed by atoms with van der Waals surface area (Å²) in [6.45, 7) is 0. The summed E-state index contributed by atoms with van der Waals surface area (Å²) in [5.41, 5.74) is 1.09. The molecule has 16 nitrogen and oxygen atoms in total. The number of nitro benzene ring substituents is 2. The van der Waals surface area contributed by atoms with E-state index in [0.717, 1.165) is 39.0 Å². The van der Waals surface area contributed by atoms with Crippen molar-refractivity contribution in [1.82, 2.24) is 5.43 Å². The van der Waals surface area contributed by atoms with Crippen LogP contribution < -0.4 is 45.2 Å². The summed E-state index contributed by atoms with van der Waals surface area (Å²) < 4.78 is 70.9. The van der Waals surface area contributed by atoms with Crippen LogP contribution in [-0.4, -0.2) is 41.6 Å². The van der Waals surface area contributed by atoms with Crippen molar-refractivity contribution < 1.29 is 70.5 Å². The van der Waals surface area contributed by atoms with Crippen LogP contribution in [0.2, 0.25) is 0 Å². The summed E-state index contributed by atoms with van der Waals surface area (Å²) in [4.78, 5) is 19.2. The minimum Gasteiger partial charge on any atom is -0.744 e. The molecule has 2 N–H and O–H groups in total. The molecule has 0 saturated heterocycles. The Labute approximate surface area is 255 Å². The van der Waals surface area contributed by atoms with Gasteiger partial charge < -0.3 is 9.11 Å². The molecule has 20 heteroatoms. The van der Waals surface area contributed by atoms with Gasteiger partial charge in [-0.2, -0.15) is 0 Å². The molecule has 3 aromatic rings. The SMILES string of the molecule is O=[N+]([O-])c1ccc(N2NC(c3ccc(S(=O)(=O)[O-])cc3S(=O)(=O)[O-])=N[NH+]2c2ccc(I)cc2)c([N+](=O)[O-])c1.[Na+]. The zero-order chi connectivity index (χ0) is 28.0. The summed E-state index contributed by atoms with van der Waals surface area (Å²) >= 11 is 2.03. The number of hydrogen-bond acceptors (Lipinski definition) is 13. The maximum absolute atomic E-state index is 12.0. The van der Waals surface area contributed by atoms with Crippen molar-refractivity contribution >= 4 is 71.4 Å². The largest absolute Gasteiger partial charge is 1.00 e. The van der Waals surface area contributed by atoms with Crippen LogP contribution in [0.4, 0.5) is 22.7 Å². The predicted octanol–water partition coefficient (Wildman–Crippen LogP) is -2.26. The van der Waals surface area contributed by atoms with Crippen LogP contribution in [0.5, 0.6) is 0 Å². The topological polar surface area (TPSA) is 233 Å². The quantitative estimate of drug-likeness (QED) is 0.0875. The van der Waals surface area contributed by atoms with Crippen LogP contribution in [-0.2, 0) is 20.2 Å². The van der Waals surface area contributed by atoms with Gasteiger partial charge in [0.25, 0.3) is 5.69 Å². The molecule has 4 rings (SSSR count). The smallest absolute Gasteiger partial charge is 0.744 e. The number of nitrogens with one attached hydrogen (secondary N) is 2. The number of amidine groups is 1. The molecule has 0 amide bonds. The summed E-state index contributed by atoms with van der Waals surface area (Å²) in [5.74, 6) is -0.338. The number of hydrogen-bond donors (Lipinski definition) is 2. The molecular formula is C19H12IN6NaO10S2. The molecule has 1 unspecified atom stereocenters. The summed E-state index contributed by atoms with van der Waals surface area (Å²) in [6.07, 6.45) is 0. The molecular weight excluding hydrogens is 686 g/mol. The maximum atomic E-state index is 12.0. The van der Waals surface area contributed by atoms with E-state index in [0.29, 0.717) is 11.8 Å². The fraction of sp³-hybridized carbons (Fsp3) is 0. The first-order chi connectivity index (χ1) is 17.7. The van der Waals surface area contributed by atoms with E-state index < -0.39 is 56.8 Å². The molecule has 1 aliphatic heterocycles. The van der Waals surface area contributed by atoms with Gasteiger partial charge in [-0.15, -0.1) is 0 Å². The van der Waals surface area contributed by atoms with Crippen molar-refractivity contribution in [3.63, 3.8) is 0 Å². The molecule has 0 spiro atoms. The van der Waals surface area contributed by atoms with Crippen molar-refractivity contribution in [2.75, 3.05) is 5.12 Å². The van der Waals surface area contributed by atoms with Crippen LogP contribution in [0.15, 0.2) is 75.6 Å². The fourth-order valence-corrected chi connectivity index (χ4v) is 5.08. The van der Waals surface area contributed by atoms with Crippen LogP contribution in [0.25, 0.3) is 0 Å². The Hall–Kier alpha value is -2.76. The van der Waals surface area contributed by atoms with Gasteiger partial charge in [-0.3, -0.25) is 20.2 Å². The van der Waals surface area contributed by atoms with Crippen molar-refractivity contribution in [3.05, 3.63) is 90.0 Å².